The highest BCUT2D eigenvalue weighted by atomic mass is 19.1. The maximum atomic E-state index is 13.7. The summed E-state index contributed by atoms with van der Waals surface area (Å²) in [5.74, 6) is -0.225. The van der Waals surface area contributed by atoms with Gasteiger partial charge < -0.3 is 5.32 Å². The summed E-state index contributed by atoms with van der Waals surface area (Å²) >= 11 is 0. The summed E-state index contributed by atoms with van der Waals surface area (Å²) in [4.78, 5) is 0. The summed E-state index contributed by atoms with van der Waals surface area (Å²) in [7, 11) is 0. The van der Waals surface area contributed by atoms with Crippen molar-refractivity contribution in [2.24, 2.45) is 0 Å². The third kappa shape index (κ3) is 2.92. The third-order valence-corrected chi connectivity index (χ3v) is 3.11. The van der Waals surface area contributed by atoms with Crippen LogP contribution < -0.4 is 5.32 Å². The number of nitrogens with one attached hydrogen (secondary N) is 1. The number of aryl methyl sites for hydroxylation is 1. The number of anilines is 1. The molecule has 0 fully saturated rings. The molecule has 2 aromatic carbocycles. The maximum absolute atomic E-state index is 13.7. The van der Waals surface area contributed by atoms with E-state index in [1.165, 1.54) is 6.07 Å². The SMILES string of the molecule is Cc1ccc(C#N)cc1NC(C)c1ccccc1F. The minimum Gasteiger partial charge on any atom is -0.378 e. The number of rotatable bonds is 3. The predicted molar refractivity (Wildman–Crippen MR) is 74.3 cm³/mol. The van der Waals surface area contributed by atoms with Gasteiger partial charge in [0.1, 0.15) is 5.82 Å². The molecule has 2 nitrogen and oxygen atoms in total. The molecule has 2 aromatic rings. The average molecular weight is 254 g/mol. The smallest absolute Gasteiger partial charge is 0.128 e. The van der Waals surface area contributed by atoms with Gasteiger partial charge in [-0.15, -0.1) is 0 Å². The Hall–Kier alpha value is -2.34. The Morgan fingerprint density at radius 1 is 1.21 bits per heavy atom. The lowest BCUT2D eigenvalue weighted by molar-refractivity contribution is 0.600. The van der Waals surface area contributed by atoms with Crippen molar-refractivity contribution in [3.05, 3.63) is 65.0 Å². The van der Waals surface area contributed by atoms with Gasteiger partial charge in [-0.05, 0) is 37.6 Å². The van der Waals surface area contributed by atoms with E-state index < -0.39 is 0 Å². The van der Waals surface area contributed by atoms with E-state index in [4.69, 9.17) is 5.26 Å². The predicted octanol–water partition coefficient (Wildman–Crippen LogP) is 4.18. The highest BCUT2D eigenvalue weighted by molar-refractivity contribution is 5.56. The molecule has 96 valence electrons. The Morgan fingerprint density at radius 2 is 1.95 bits per heavy atom. The van der Waals surface area contributed by atoms with Gasteiger partial charge in [0.25, 0.3) is 0 Å². The second-order valence-electron chi connectivity index (χ2n) is 4.53. The molecule has 0 saturated carbocycles. The van der Waals surface area contributed by atoms with Crippen molar-refractivity contribution < 1.29 is 4.39 Å². The fraction of sp³-hybridized carbons (Fsp3) is 0.188. The van der Waals surface area contributed by atoms with Gasteiger partial charge in [-0.1, -0.05) is 24.3 Å². The van der Waals surface area contributed by atoms with Crippen molar-refractivity contribution in [3.63, 3.8) is 0 Å². The van der Waals surface area contributed by atoms with Gasteiger partial charge in [0.15, 0.2) is 0 Å². The monoisotopic (exact) mass is 254 g/mol. The Balaban J connectivity index is 2.27. The standard InChI is InChI=1S/C16H15FN2/c1-11-7-8-13(10-18)9-16(11)19-12(2)14-5-3-4-6-15(14)17/h3-9,12,19H,1-2H3. The van der Waals surface area contributed by atoms with Crippen molar-refractivity contribution in [2.75, 3.05) is 5.32 Å². The van der Waals surface area contributed by atoms with Gasteiger partial charge in [-0.2, -0.15) is 5.26 Å². The summed E-state index contributed by atoms with van der Waals surface area (Å²) in [6.45, 7) is 3.86. The molecule has 2 rings (SSSR count). The first-order valence-electron chi connectivity index (χ1n) is 6.13. The zero-order chi connectivity index (χ0) is 13.8. The molecule has 0 bridgehead atoms. The maximum Gasteiger partial charge on any atom is 0.128 e. The van der Waals surface area contributed by atoms with Gasteiger partial charge >= 0.3 is 0 Å². The molecule has 1 unspecified atom stereocenters. The summed E-state index contributed by atoms with van der Waals surface area (Å²) in [5, 5.41) is 12.2. The molecular weight excluding hydrogens is 239 g/mol. The Bertz CT molecular complexity index is 629. The third-order valence-electron chi connectivity index (χ3n) is 3.11. The molecule has 0 radical (unpaired) electrons. The lowest BCUT2D eigenvalue weighted by atomic mass is 10.1. The topological polar surface area (TPSA) is 35.8 Å². The van der Waals surface area contributed by atoms with Crippen molar-refractivity contribution >= 4 is 5.69 Å². The summed E-state index contributed by atoms with van der Waals surface area (Å²) in [5.41, 5.74) is 3.09. The van der Waals surface area contributed by atoms with E-state index in [2.05, 4.69) is 11.4 Å². The summed E-state index contributed by atoms with van der Waals surface area (Å²) < 4.78 is 13.7. The molecule has 0 spiro atoms. The summed E-state index contributed by atoms with van der Waals surface area (Å²) in [6, 6.07) is 14.1. The highest BCUT2D eigenvalue weighted by Crippen LogP contribution is 2.24. The zero-order valence-electron chi connectivity index (χ0n) is 10.9. The van der Waals surface area contributed by atoms with Crippen molar-refractivity contribution in [1.82, 2.24) is 0 Å². The molecule has 1 N–H and O–H groups in total. The lowest BCUT2D eigenvalue weighted by Crippen LogP contribution is -2.09. The van der Waals surface area contributed by atoms with E-state index in [9.17, 15) is 4.39 Å². The number of benzene rings is 2. The van der Waals surface area contributed by atoms with Gasteiger partial charge in [0.2, 0.25) is 0 Å². The van der Waals surface area contributed by atoms with Crippen LogP contribution in [0.3, 0.4) is 0 Å². The van der Waals surface area contributed by atoms with Crippen molar-refractivity contribution in [2.45, 2.75) is 19.9 Å². The van der Waals surface area contributed by atoms with E-state index in [-0.39, 0.29) is 11.9 Å². The fourth-order valence-corrected chi connectivity index (χ4v) is 1.98. The van der Waals surface area contributed by atoms with Crippen molar-refractivity contribution in [1.29, 1.82) is 5.26 Å². The van der Waals surface area contributed by atoms with Crippen LogP contribution in [0.25, 0.3) is 0 Å². The van der Waals surface area contributed by atoms with E-state index in [1.807, 2.05) is 26.0 Å². The summed E-state index contributed by atoms with van der Waals surface area (Å²) in [6.07, 6.45) is 0. The molecule has 1 atom stereocenters. The molecule has 0 saturated heterocycles. The molecule has 0 aliphatic rings. The van der Waals surface area contributed by atoms with Gasteiger partial charge in [0, 0.05) is 11.3 Å². The molecular formula is C16H15FN2. The first-order valence-corrected chi connectivity index (χ1v) is 6.13. The zero-order valence-corrected chi connectivity index (χ0v) is 10.9. The van der Waals surface area contributed by atoms with E-state index in [0.29, 0.717) is 11.1 Å². The number of halogens is 1. The molecule has 3 heteroatoms. The highest BCUT2D eigenvalue weighted by Gasteiger charge is 2.11. The Labute approximate surface area is 112 Å². The minimum atomic E-state index is -0.225. The molecule has 0 aliphatic heterocycles. The second kappa shape index (κ2) is 5.53. The van der Waals surface area contributed by atoms with Crippen molar-refractivity contribution in [3.8, 4) is 6.07 Å². The van der Waals surface area contributed by atoms with E-state index in [1.54, 1.807) is 24.3 Å². The van der Waals surface area contributed by atoms with Crippen LogP contribution in [0.15, 0.2) is 42.5 Å². The largest absolute Gasteiger partial charge is 0.378 e. The van der Waals surface area contributed by atoms with Crippen LogP contribution in [0.4, 0.5) is 10.1 Å². The van der Waals surface area contributed by atoms with Crippen LogP contribution in [-0.2, 0) is 0 Å². The van der Waals surface area contributed by atoms with Gasteiger partial charge in [-0.3, -0.25) is 0 Å². The number of nitriles is 1. The lowest BCUT2D eigenvalue weighted by Gasteiger charge is -2.18. The molecule has 0 aromatic heterocycles. The average Bonchev–Trinajstić information content (AvgIpc) is 2.41. The van der Waals surface area contributed by atoms with Crippen LogP contribution >= 0.6 is 0 Å². The van der Waals surface area contributed by atoms with Crippen LogP contribution in [0.5, 0.6) is 0 Å². The molecule has 0 aliphatic carbocycles. The quantitative estimate of drug-likeness (QED) is 0.891. The first-order chi connectivity index (χ1) is 9.11. The fourth-order valence-electron chi connectivity index (χ4n) is 1.98. The first kappa shape index (κ1) is 13.1. The van der Waals surface area contributed by atoms with Crippen LogP contribution in [-0.4, -0.2) is 0 Å². The van der Waals surface area contributed by atoms with E-state index in [0.717, 1.165) is 11.3 Å². The van der Waals surface area contributed by atoms with Crippen LogP contribution in [0, 0.1) is 24.1 Å². The number of nitrogens with zero attached hydrogens (tertiary/aromatic N) is 1. The molecule has 0 amide bonds. The van der Waals surface area contributed by atoms with Gasteiger partial charge in [0.05, 0.1) is 17.7 Å². The van der Waals surface area contributed by atoms with E-state index >= 15 is 0 Å². The molecule has 0 heterocycles. The number of hydrogen-bond donors (Lipinski definition) is 1. The normalized spacial score (nSPS) is 11.7. The number of hydrogen-bond acceptors (Lipinski definition) is 2. The van der Waals surface area contributed by atoms with Crippen LogP contribution in [0.2, 0.25) is 0 Å². The Kier molecular flexibility index (Phi) is 3.82. The van der Waals surface area contributed by atoms with Crippen LogP contribution in [0.1, 0.15) is 29.7 Å². The second-order valence-corrected chi connectivity index (χ2v) is 4.53. The minimum absolute atomic E-state index is 0.158. The molecule has 19 heavy (non-hydrogen) atoms. The van der Waals surface area contributed by atoms with Gasteiger partial charge in [-0.25, -0.2) is 4.39 Å². The Morgan fingerprint density at radius 3 is 2.63 bits per heavy atom.